The van der Waals surface area contributed by atoms with E-state index < -0.39 is 17.7 Å². The summed E-state index contributed by atoms with van der Waals surface area (Å²) in [5, 5.41) is 0. The van der Waals surface area contributed by atoms with Gasteiger partial charge in [0.05, 0.1) is 6.04 Å². The summed E-state index contributed by atoms with van der Waals surface area (Å²) < 4.78 is 5.26. The van der Waals surface area contributed by atoms with Crippen molar-refractivity contribution in [3.05, 3.63) is 12.7 Å². The average molecular weight is 255 g/mol. The van der Waals surface area contributed by atoms with E-state index in [1.54, 1.807) is 27.8 Å². The number of ketones is 1. The highest BCUT2D eigenvalue weighted by atomic mass is 16.6. The summed E-state index contributed by atoms with van der Waals surface area (Å²) in [5.41, 5.74) is -0.565. The lowest BCUT2D eigenvalue weighted by atomic mass is 9.99. The molecule has 0 aliphatic heterocycles. The van der Waals surface area contributed by atoms with Crippen LogP contribution >= 0.6 is 0 Å². The van der Waals surface area contributed by atoms with Gasteiger partial charge in [-0.15, -0.1) is 0 Å². The number of hydrogen-bond donors (Lipinski definition) is 0. The third kappa shape index (κ3) is 5.84. The van der Waals surface area contributed by atoms with Crippen LogP contribution in [0.25, 0.3) is 0 Å². The van der Waals surface area contributed by atoms with Crippen LogP contribution in [0.4, 0.5) is 4.79 Å². The van der Waals surface area contributed by atoms with Crippen molar-refractivity contribution in [3.8, 4) is 0 Å². The Balaban J connectivity index is 4.84. The van der Waals surface area contributed by atoms with Crippen molar-refractivity contribution in [3.63, 3.8) is 0 Å². The molecule has 4 nitrogen and oxygen atoms in total. The Kier molecular flexibility index (Phi) is 6.09. The van der Waals surface area contributed by atoms with E-state index in [4.69, 9.17) is 4.74 Å². The average Bonchev–Trinajstić information content (AvgIpc) is 2.21. The van der Waals surface area contributed by atoms with Gasteiger partial charge in [-0.25, -0.2) is 4.79 Å². The molecule has 4 heteroatoms. The summed E-state index contributed by atoms with van der Waals surface area (Å²) in [4.78, 5) is 25.1. The van der Waals surface area contributed by atoms with Crippen LogP contribution in [0.1, 0.15) is 41.0 Å². The summed E-state index contributed by atoms with van der Waals surface area (Å²) in [5.74, 6) is 0.154. The second kappa shape index (κ2) is 6.57. The minimum Gasteiger partial charge on any atom is -0.444 e. The van der Waals surface area contributed by atoms with E-state index in [1.807, 2.05) is 13.8 Å². The van der Waals surface area contributed by atoms with Gasteiger partial charge in [0.1, 0.15) is 5.60 Å². The van der Waals surface area contributed by atoms with Crippen molar-refractivity contribution < 1.29 is 14.3 Å². The Bertz CT molecular complexity index is 315. The first-order chi connectivity index (χ1) is 8.08. The minimum atomic E-state index is -0.565. The van der Waals surface area contributed by atoms with Crippen LogP contribution in [0, 0.1) is 5.92 Å². The first kappa shape index (κ1) is 16.7. The monoisotopic (exact) mass is 255 g/mol. The molecule has 1 unspecified atom stereocenters. The highest BCUT2D eigenvalue weighted by Gasteiger charge is 2.29. The fourth-order valence-electron chi connectivity index (χ4n) is 1.51. The molecule has 18 heavy (non-hydrogen) atoms. The van der Waals surface area contributed by atoms with Gasteiger partial charge in [-0.1, -0.05) is 20.4 Å². The lowest BCUT2D eigenvalue weighted by molar-refractivity contribution is -0.119. The van der Waals surface area contributed by atoms with Gasteiger partial charge in [0.15, 0.2) is 5.78 Å². The number of carbonyl (C=O) groups is 2. The smallest absolute Gasteiger partial charge is 0.410 e. The molecule has 0 N–H and O–H groups in total. The fraction of sp³-hybridized carbons (Fsp3) is 0.714. The zero-order valence-electron chi connectivity index (χ0n) is 12.3. The second-order valence-corrected chi connectivity index (χ2v) is 5.84. The Morgan fingerprint density at radius 1 is 1.33 bits per heavy atom. The Morgan fingerprint density at radius 2 is 1.83 bits per heavy atom. The SMILES string of the molecule is C=CC(=O)C(CC(C)C)N(C)C(=O)OC(C)(C)C. The zero-order chi connectivity index (χ0) is 14.5. The maximum Gasteiger partial charge on any atom is 0.410 e. The number of ether oxygens (including phenoxy) is 1. The van der Waals surface area contributed by atoms with E-state index in [0.29, 0.717) is 12.3 Å². The quantitative estimate of drug-likeness (QED) is 0.709. The molecule has 0 heterocycles. The number of rotatable bonds is 5. The molecule has 0 radical (unpaired) electrons. The molecular weight excluding hydrogens is 230 g/mol. The van der Waals surface area contributed by atoms with E-state index >= 15 is 0 Å². The van der Waals surface area contributed by atoms with Crippen LogP contribution < -0.4 is 0 Å². The van der Waals surface area contributed by atoms with Crippen LogP contribution in [0.2, 0.25) is 0 Å². The Morgan fingerprint density at radius 3 is 2.17 bits per heavy atom. The zero-order valence-corrected chi connectivity index (χ0v) is 12.3. The third-order valence-electron chi connectivity index (χ3n) is 2.37. The number of hydrogen-bond acceptors (Lipinski definition) is 3. The highest BCUT2D eigenvalue weighted by Crippen LogP contribution is 2.16. The molecule has 104 valence electrons. The van der Waals surface area contributed by atoms with Gasteiger partial charge in [-0.05, 0) is 39.2 Å². The molecule has 0 fully saturated rings. The molecule has 0 bridgehead atoms. The summed E-state index contributed by atoms with van der Waals surface area (Å²) in [7, 11) is 1.59. The van der Waals surface area contributed by atoms with Crippen LogP contribution in [-0.2, 0) is 9.53 Å². The second-order valence-electron chi connectivity index (χ2n) is 5.84. The lowest BCUT2D eigenvalue weighted by Gasteiger charge is -2.30. The van der Waals surface area contributed by atoms with Crippen molar-refractivity contribution >= 4 is 11.9 Å². The van der Waals surface area contributed by atoms with Gasteiger partial charge in [0, 0.05) is 7.05 Å². The predicted molar refractivity (Wildman–Crippen MR) is 72.4 cm³/mol. The molecule has 0 aliphatic rings. The molecule has 0 rings (SSSR count). The minimum absolute atomic E-state index is 0.156. The van der Waals surface area contributed by atoms with Crippen LogP contribution in [0.15, 0.2) is 12.7 Å². The Hall–Kier alpha value is -1.32. The Labute approximate surface area is 110 Å². The van der Waals surface area contributed by atoms with Crippen molar-refractivity contribution in [1.82, 2.24) is 4.90 Å². The van der Waals surface area contributed by atoms with Gasteiger partial charge >= 0.3 is 6.09 Å². The lowest BCUT2D eigenvalue weighted by Crippen LogP contribution is -2.45. The summed E-state index contributed by atoms with van der Waals surface area (Å²) >= 11 is 0. The first-order valence-electron chi connectivity index (χ1n) is 6.20. The van der Waals surface area contributed by atoms with E-state index in [2.05, 4.69) is 6.58 Å². The third-order valence-corrected chi connectivity index (χ3v) is 2.37. The summed E-state index contributed by atoms with van der Waals surface area (Å²) in [6.07, 6.45) is 1.37. The fourth-order valence-corrected chi connectivity index (χ4v) is 1.51. The predicted octanol–water partition coefficient (Wildman–Crippen LogP) is 3.02. The molecule has 0 saturated heterocycles. The van der Waals surface area contributed by atoms with E-state index in [1.165, 1.54) is 11.0 Å². The number of carbonyl (C=O) groups excluding carboxylic acids is 2. The molecule has 0 aliphatic carbocycles. The summed E-state index contributed by atoms with van der Waals surface area (Å²) in [6.45, 7) is 12.9. The maximum atomic E-state index is 11.9. The van der Waals surface area contributed by atoms with E-state index in [-0.39, 0.29) is 5.78 Å². The van der Waals surface area contributed by atoms with Gasteiger partial charge in [-0.3, -0.25) is 4.79 Å². The van der Waals surface area contributed by atoms with Crippen molar-refractivity contribution in [2.75, 3.05) is 7.05 Å². The van der Waals surface area contributed by atoms with Crippen molar-refractivity contribution in [2.45, 2.75) is 52.7 Å². The van der Waals surface area contributed by atoms with Crippen LogP contribution in [0.5, 0.6) is 0 Å². The molecular formula is C14H25NO3. The molecule has 0 saturated carbocycles. The van der Waals surface area contributed by atoms with Crippen LogP contribution in [0.3, 0.4) is 0 Å². The molecule has 0 spiro atoms. The molecule has 0 aromatic heterocycles. The van der Waals surface area contributed by atoms with E-state index in [9.17, 15) is 9.59 Å². The van der Waals surface area contributed by atoms with Gasteiger partial charge < -0.3 is 9.64 Å². The molecule has 0 aromatic carbocycles. The summed E-state index contributed by atoms with van der Waals surface area (Å²) in [6, 6.07) is -0.502. The largest absolute Gasteiger partial charge is 0.444 e. The number of likely N-dealkylation sites (N-methyl/N-ethyl adjacent to an activating group) is 1. The molecule has 0 aromatic rings. The maximum absolute atomic E-state index is 11.9. The van der Waals surface area contributed by atoms with Gasteiger partial charge in [-0.2, -0.15) is 0 Å². The van der Waals surface area contributed by atoms with Crippen molar-refractivity contribution in [1.29, 1.82) is 0 Å². The van der Waals surface area contributed by atoms with Gasteiger partial charge in [0.2, 0.25) is 0 Å². The molecule has 1 amide bonds. The highest BCUT2D eigenvalue weighted by molar-refractivity contribution is 5.95. The first-order valence-corrected chi connectivity index (χ1v) is 6.20. The number of nitrogens with zero attached hydrogens (tertiary/aromatic N) is 1. The number of amides is 1. The normalized spacial score (nSPS) is 13.1. The van der Waals surface area contributed by atoms with Crippen LogP contribution in [-0.4, -0.2) is 35.5 Å². The van der Waals surface area contributed by atoms with E-state index in [0.717, 1.165) is 0 Å². The topological polar surface area (TPSA) is 46.6 Å². The molecule has 1 atom stereocenters. The van der Waals surface area contributed by atoms with Crippen molar-refractivity contribution in [2.24, 2.45) is 5.92 Å². The standard InChI is InChI=1S/C14H25NO3/c1-8-12(16)11(9-10(2)3)15(7)13(17)18-14(4,5)6/h8,10-11H,1,9H2,2-7H3. The van der Waals surface area contributed by atoms with Gasteiger partial charge in [0.25, 0.3) is 0 Å².